The Labute approximate surface area is 370 Å². The van der Waals surface area contributed by atoms with Crippen molar-refractivity contribution >= 4 is 19.8 Å². The van der Waals surface area contributed by atoms with Gasteiger partial charge < -0.3 is 43.2 Å². The molecule has 1 fully saturated rings. The lowest BCUT2D eigenvalue weighted by Gasteiger charge is -2.28. The second-order valence-corrected chi connectivity index (χ2v) is 19.1. The number of aliphatic hydroxyl groups is 3. The molecule has 0 radical (unpaired) electrons. The lowest BCUT2D eigenvalue weighted by Crippen LogP contribution is -2.37. The van der Waals surface area contributed by atoms with Gasteiger partial charge >= 0.3 is 11.9 Å². The summed E-state index contributed by atoms with van der Waals surface area (Å²) in [6.07, 6.45) is 33.4. The maximum absolute atomic E-state index is 12.8. The van der Waals surface area contributed by atoms with Gasteiger partial charge in [0.2, 0.25) is 0 Å². The summed E-state index contributed by atoms with van der Waals surface area (Å²) < 4.78 is 33.9. The van der Waals surface area contributed by atoms with Crippen molar-refractivity contribution in [3.63, 3.8) is 0 Å². The van der Waals surface area contributed by atoms with E-state index in [2.05, 4.69) is 50.3 Å². The third-order valence-corrected chi connectivity index (χ3v) is 11.9. The first-order chi connectivity index (χ1) is 29.2. The van der Waals surface area contributed by atoms with Crippen molar-refractivity contribution in [3.8, 4) is 0 Å². The van der Waals surface area contributed by atoms with E-state index >= 15 is 0 Å². The summed E-state index contributed by atoms with van der Waals surface area (Å²) in [4.78, 5) is 37.8. The third kappa shape index (κ3) is 32.2. The molecule has 1 aliphatic rings. The van der Waals surface area contributed by atoms with E-state index in [1.807, 2.05) is 27.2 Å². The molecule has 1 unspecified atom stereocenters. The van der Waals surface area contributed by atoms with Crippen LogP contribution >= 0.6 is 7.82 Å². The molecule has 0 amide bonds. The highest BCUT2D eigenvalue weighted by molar-refractivity contribution is 7.45. The number of phosphoric acid groups is 1. The van der Waals surface area contributed by atoms with Crippen molar-refractivity contribution in [1.82, 2.24) is 0 Å². The fourth-order valence-corrected chi connectivity index (χ4v) is 7.90. The van der Waals surface area contributed by atoms with Crippen molar-refractivity contribution < 1.29 is 57.4 Å². The predicted molar refractivity (Wildman–Crippen MR) is 242 cm³/mol. The summed E-state index contributed by atoms with van der Waals surface area (Å²) in [5.41, 5.74) is 0. The number of carbonyl (C=O) groups is 2. The van der Waals surface area contributed by atoms with E-state index < -0.39 is 50.8 Å². The number of unbranched alkanes of at least 4 members (excludes halogenated alkanes) is 12. The van der Waals surface area contributed by atoms with Gasteiger partial charge in [0.25, 0.3) is 7.82 Å². The highest BCUT2D eigenvalue weighted by atomic mass is 31.2. The molecule has 1 aliphatic carbocycles. The summed E-state index contributed by atoms with van der Waals surface area (Å²) in [5, 5.41) is 31.5. The van der Waals surface area contributed by atoms with E-state index in [0.29, 0.717) is 43.1 Å². The Hall–Kier alpha value is -2.15. The molecule has 12 nitrogen and oxygen atoms in total. The van der Waals surface area contributed by atoms with Gasteiger partial charge in [-0.2, -0.15) is 0 Å². The van der Waals surface area contributed by atoms with Crippen LogP contribution in [0.1, 0.15) is 162 Å². The number of esters is 2. The normalized spacial score (nSPS) is 20.6. The van der Waals surface area contributed by atoms with Crippen LogP contribution in [-0.4, -0.2) is 104 Å². The van der Waals surface area contributed by atoms with Crippen molar-refractivity contribution in [2.24, 2.45) is 11.8 Å². The van der Waals surface area contributed by atoms with Gasteiger partial charge in [-0.1, -0.05) is 127 Å². The summed E-state index contributed by atoms with van der Waals surface area (Å²) in [6.45, 7) is 3.82. The SMILES string of the molecule is CCCCC/C=C\C/C=C\C/C=C\CCCCCCC(=O)OC[C@H](COP(=O)([O-])OCC[N+](C)(C)C)OC(=O)CCCCCC[C@@H]1[C@@H](/C=C/[C@@H](O)CCCCC)[C@H](O)C[C@@H]1O. The molecule has 0 aliphatic heterocycles. The molecule has 354 valence electrons. The smallest absolute Gasteiger partial charge is 0.306 e. The van der Waals surface area contributed by atoms with Gasteiger partial charge in [-0.15, -0.1) is 0 Å². The van der Waals surface area contributed by atoms with Crippen molar-refractivity contribution in [2.75, 3.05) is 47.5 Å². The van der Waals surface area contributed by atoms with Gasteiger partial charge in [0.1, 0.15) is 19.8 Å². The summed E-state index contributed by atoms with van der Waals surface area (Å²) in [7, 11) is 1.02. The maximum atomic E-state index is 12.8. The number of nitrogens with zero attached hydrogens (tertiary/aromatic N) is 1. The molecule has 0 bridgehead atoms. The molecule has 0 spiro atoms. The summed E-state index contributed by atoms with van der Waals surface area (Å²) in [5.74, 6) is -1.31. The van der Waals surface area contributed by atoms with Gasteiger partial charge in [-0.3, -0.25) is 14.2 Å². The van der Waals surface area contributed by atoms with Crippen LogP contribution in [0.5, 0.6) is 0 Å². The molecule has 13 heteroatoms. The Balaban J connectivity index is 2.47. The molecule has 0 aromatic carbocycles. The number of rotatable bonds is 38. The molecule has 3 N–H and O–H groups in total. The Kier molecular flexibility index (Phi) is 32.8. The standard InChI is InChI=1S/C48H86NO11P/c1-6-8-10-11-12-13-14-15-16-17-18-19-20-21-22-23-28-32-47(53)57-39-42(40-59-61(55,56)58-37-36-49(3,4)5)60-48(54)33-29-25-24-27-31-43-44(46(52)38-45(43)51)35-34-41(50)30-26-9-7-2/h12-13,15-16,18-19,34-35,41-46,50-52H,6-11,14,17,20-33,36-40H2,1-5H3/b13-12-,16-15-,19-18-,35-34+/t41-,42+,43+,44+,45-,46+/m0/s1. The lowest BCUT2D eigenvalue weighted by atomic mass is 9.88. The van der Waals surface area contributed by atoms with E-state index in [1.54, 1.807) is 6.08 Å². The van der Waals surface area contributed by atoms with Crippen LogP contribution < -0.4 is 4.89 Å². The monoisotopic (exact) mass is 884 g/mol. The number of aliphatic hydroxyl groups excluding tert-OH is 3. The molecule has 0 heterocycles. The highest BCUT2D eigenvalue weighted by Gasteiger charge is 2.39. The zero-order valence-electron chi connectivity index (χ0n) is 38.7. The minimum absolute atomic E-state index is 0.0748. The first-order valence-electron chi connectivity index (χ1n) is 23.6. The Bertz CT molecular complexity index is 1300. The van der Waals surface area contributed by atoms with Crippen molar-refractivity contribution in [2.45, 2.75) is 186 Å². The van der Waals surface area contributed by atoms with Gasteiger partial charge in [0.15, 0.2) is 6.10 Å². The molecule has 1 saturated carbocycles. The number of hydrogen-bond acceptors (Lipinski definition) is 11. The molecule has 0 aromatic heterocycles. The van der Waals surface area contributed by atoms with Crippen molar-refractivity contribution in [1.29, 1.82) is 0 Å². The largest absolute Gasteiger partial charge is 0.756 e. The summed E-state index contributed by atoms with van der Waals surface area (Å²) in [6, 6.07) is 0. The zero-order valence-corrected chi connectivity index (χ0v) is 39.6. The molecule has 0 aromatic rings. The number of quaternary nitrogens is 1. The minimum atomic E-state index is -4.70. The van der Waals surface area contributed by atoms with Crippen LogP contribution in [0.4, 0.5) is 0 Å². The van der Waals surface area contributed by atoms with Gasteiger partial charge in [-0.25, -0.2) is 0 Å². The predicted octanol–water partition coefficient (Wildman–Crippen LogP) is 9.21. The van der Waals surface area contributed by atoms with Crippen LogP contribution in [0, 0.1) is 11.8 Å². The maximum Gasteiger partial charge on any atom is 0.306 e. The van der Waals surface area contributed by atoms with Crippen LogP contribution in [-0.2, 0) is 32.7 Å². The molecular formula is C48H86NO11P. The second kappa shape index (κ2) is 35.2. The second-order valence-electron chi connectivity index (χ2n) is 17.7. The first-order valence-corrected chi connectivity index (χ1v) is 25.1. The molecule has 1 rings (SSSR count). The van der Waals surface area contributed by atoms with E-state index in [1.165, 1.54) is 19.3 Å². The third-order valence-electron chi connectivity index (χ3n) is 10.9. The van der Waals surface area contributed by atoms with Crippen LogP contribution in [0.15, 0.2) is 48.6 Å². The fraction of sp³-hybridized carbons (Fsp3) is 0.792. The lowest BCUT2D eigenvalue weighted by molar-refractivity contribution is -0.870. The molecule has 61 heavy (non-hydrogen) atoms. The quantitative estimate of drug-likeness (QED) is 0.0178. The average molecular weight is 884 g/mol. The zero-order chi connectivity index (χ0) is 45.2. The molecule has 7 atom stereocenters. The topological polar surface area (TPSA) is 172 Å². The van der Waals surface area contributed by atoms with Gasteiger partial charge in [0, 0.05) is 25.2 Å². The van der Waals surface area contributed by atoms with E-state index in [9.17, 15) is 34.4 Å². The number of carbonyl (C=O) groups excluding carboxylic acids is 2. The Morgan fingerprint density at radius 1 is 0.738 bits per heavy atom. The van der Waals surface area contributed by atoms with Crippen LogP contribution in [0.2, 0.25) is 0 Å². The Morgan fingerprint density at radius 3 is 1.95 bits per heavy atom. The number of hydrogen-bond donors (Lipinski definition) is 3. The number of ether oxygens (including phenoxy) is 2. The van der Waals surface area contributed by atoms with Crippen LogP contribution in [0.3, 0.4) is 0 Å². The number of phosphoric ester groups is 1. The minimum Gasteiger partial charge on any atom is -0.756 e. The van der Waals surface area contributed by atoms with Gasteiger partial charge in [-0.05, 0) is 70.1 Å². The number of likely N-dealkylation sites (N-methyl/N-ethyl adjacent to an activating group) is 1. The molecular weight excluding hydrogens is 797 g/mol. The average Bonchev–Trinajstić information content (AvgIpc) is 3.47. The number of allylic oxidation sites excluding steroid dienone is 6. The van der Waals surface area contributed by atoms with E-state index in [-0.39, 0.29) is 37.9 Å². The molecule has 0 saturated heterocycles. The highest BCUT2D eigenvalue weighted by Crippen LogP contribution is 2.39. The fourth-order valence-electron chi connectivity index (χ4n) is 7.17. The van der Waals surface area contributed by atoms with Gasteiger partial charge in [0.05, 0.1) is 46.1 Å². The van der Waals surface area contributed by atoms with E-state index in [4.69, 9.17) is 18.5 Å². The van der Waals surface area contributed by atoms with Crippen molar-refractivity contribution in [3.05, 3.63) is 48.6 Å². The first kappa shape index (κ1) is 56.9. The van der Waals surface area contributed by atoms with Crippen LogP contribution in [0.25, 0.3) is 0 Å². The van der Waals surface area contributed by atoms with E-state index in [0.717, 1.165) is 83.5 Å². The Morgan fingerprint density at radius 2 is 1.31 bits per heavy atom. The summed E-state index contributed by atoms with van der Waals surface area (Å²) >= 11 is 0.